The van der Waals surface area contributed by atoms with Gasteiger partial charge in [0.15, 0.2) is 0 Å². The zero-order valence-corrected chi connectivity index (χ0v) is 19.4. The molecule has 2 aliphatic carbocycles. The Bertz CT molecular complexity index is 1290. The van der Waals surface area contributed by atoms with E-state index in [0.29, 0.717) is 22.7 Å². The topological polar surface area (TPSA) is 96.2 Å². The monoisotopic (exact) mass is 456 g/mol. The molecular formula is C27H28N4O3. The molecule has 7 heteroatoms. The van der Waals surface area contributed by atoms with Crippen LogP contribution in [0.25, 0.3) is 22.2 Å². The average Bonchev–Trinajstić information content (AvgIpc) is 3.73. The Morgan fingerprint density at radius 1 is 1.12 bits per heavy atom. The number of fused-ring (bicyclic) bond motifs is 1. The standard InChI is InChI=1S/C27H28N4O3/c1-16(2)34-27(33)30-21-8-5-18(6-9-21)25-23(14-28)22-12-7-19(26(32)29-20-10-11-20)13-24(22)31(25)15-17-3-4-17/h5-9,12-13,16-17,20H,3-4,10-11,15H2,1-2H3,(H,29,32)(H,30,33). The van der Waals surface area contributed by atoms with Gasteiger partial charge in [0, 0.05) is 29.2 Å². The molecule has 2 aliphatic rings. The number of nitrogens with one attached hydrogen (secondary N) is 2. The number of anilines is 1. The van der Waals surface area contributed by atoms with Crippen molar-refractivity contribution in [2.45, 2.75) is 58.2 Å². The molecule has 2 N–H and O–H groups in total. The summed E-state index contributed by atoms with van der Waals surface area (Å²) in [6.07, 6.45) is 3.71. The quantitative estimate of drug-likeness (QED) is 0.495. The number of ether oxygens (including phenoxy) is 1. The van der Waals surface area contributed by atoms with Gasteiger partial charge in [-0.1, -0.05) is 18.2 Å². The normalized spacial score (nSPS) is 15.2. The van der Waals surface area contributed by atoms with Gasteiger partial charge in [-0.05, 0) is 75.3 Å². The molecule has 0 spiro atoms. The summed E-state index contributed by atoms with van der Waals surface area (Å²) < 4.78 is 7.33. The SMILES string of the molecule is CC(C)OC(=O)Nc1ccc(-c2c(C#N)c3ccc(C(=O)NC4CC4)cc3n2CC2CC2)cc1. The van der Waals surface area contributed by atoms with Crippen LogP contribution in [-0.2, 0) is 11.3 Å². The average molecular weight is 457 g/mol. The molecule has 2 saturated carbocycles. The van der Waals surface area contributed by atoms with Gasteiger partial charge in [-0.15, -0.1) is 0 Å². The number of hydrogen-bond donors (Lipinski definition) is 2. The van der Waals surface area contributed by atoms with Gasteiger partial charge in [0.05, 0.1) is 22.9 Å². The summed E-state index contributed by atoms with van der Waals surface area (Å²) in [5.74, 6) is 0.518. The number of nitrogens with zero attached hydrogens (tertiary/aromatic N) is 2. The van der Waals surface area contributed by atoms with Crippen LogP contribution in [-0.4, -0.2) is 28.7 Å². The third kappa shape index (κ3) is 4.62. The number of carbonyl (C=O) groups is 2. The largest absolute Gasteiger partial charge is 0.447 e. The lowest BCUT2D eigenvalue weighted by Gasteiger charge is -2.13. The number of carbonyl (C=O) groups excluding carboxylic acids is 2. The van der Waals surface area contributed by atoms with Crippen molar-refractivity contribution < 1.29 is 14.3 Å². The number of rotatable bonds is 7. The van der Waals surface area contributed by atoms with Crippen molar-refractivity contribution in [1.29, 1.82) is 5.26 Å². The van der Waals surface area contributed by atoms with Crippen LogP contribution in [0.15, 0.2) is 42.5 Å². The molecule has 0 unspecified atom stereocenters. The van der Waals surface area contributed by atoms with E-state index in [0.717, 1.165) is 41.5 Å². The van der Waals surface area contributed by atoms with Gasteiger partial charge in [0.2, 0.25) is 0 Å². The zero-order chi connectivity index (χ0) is 23.8. The molecule has 7 nitrogen and oxygen atoms in total. The summed E-state index contributed by atoms with van der Waals surface area (Å²) >= 11 is 0. The summed E-state index contributed by atoms with van der Waals surface area (Å²) in [7, 11) is 0. The Balaban J connectivity index is 1.53. The molecule has 5 rings (SSSR count). The molecule has 2 fully saturated rings. The van der Waals surface area contributed by atoms with Crippen LogP contribution in [0.1, 0.15) is 55.5 Å². The first-order valence-corrected chi connectivity index (χ1v) is 11.9. The van der Waals surface area contributed by atoms with E-state index in [9.17, 15) is 14.9 Å². The van der Waals surface area contributed by atoms with E-state index in [4.69, 9.17) is 4.74 Å². The van der Waals surface area contributed by atoms with Crippen LogP contribution in [0.4, 0.5) is 10.5 Å². The summed E-state index contributed by atoms with van der Waals surface area (Å²) in [4.78, 5) is 24.6. The van der Waals surface area contributed by atoms with Gasteiger partial charge >= 0.3 is 6.09 Å². The first kappa shape index (κ1) is 22.0. The fraction of sp³-hybridized carbons (Fsp3) is 0.370. The van der Waals surface area contributed by atoms with E-state index in [2.05, 4.69) is 21.3 Å². The minimum absolute atomic E-state index is 0.0626. The van der Waals surface area contributed by atoms with Crippen LogP contribution < -0.4 is 10.6 Å². The van der Waals surface area contributed by atoms with Crippen molar-refractivity contribution in [3.05, 3.63) is 53.6 Å². The van der Waals surface area contributed by atoms with Crippen molar-refractivity contribution in [3.8, 4) is 17.3 Å². The lowest BCUT2D eigenvalue weighted by atomic mass is 10.0. The molecule has 0 atom stereocenters. The second-order valence-electron chi connectivity index (χ2n) is 9.53. The van der Waals surface area contributed by atoms with E-state index < -0.39 is 6.09 Å². The highest BCUT2D eigenvalue weighted by atomic mass is 16.6. The van der Waals surface area contributed by atoms with Crippen molar-refractivity contribution in [2.24, 2.45) is 5.92 Å². The summed E-state index contributed by atoms with van der Waals surface area (Å²) in [5.41, 5.74) is 4.49. The van der Waals surface area contributed by atoms with Gasteiger partial charge in [-0.3, -0.25) is 10.1 Å². The zero-order valence-electron chi connectivity index (χ0n) is 19.4. The highest BCUT2D eigenvalue weighted by Gasteiger charge is 2.28. The van der Waals surface area contributed by atoms with Gasteiger partial charge in [-0.2, -0.15) is 5.26 Å². The van der Waals surface area contributed by atoms with Gasteiger partial charge in [-0.25, -0.2) is 4.79 Å². The molecule has 0 saturated heterocycles. The van der Waals surface area contributed by atoms with E-state index >= 15 is 0 Å². The predicted molar refractivity (Wildman–Crippen MR) is 131 cm³/mol. The molecule has 0 aliphatic heterocycles. The fourth-order valence-corrected chi connectivity index (χ4v) is 4.22. The summed E-state index contributed by atoms with van der Waals surface area (Å²) in [6, 6.07) is 15.7. The van der Waals surface area contributed by atoms with E-state index in [1.165, 1.54) is 12.8 Å². The second kappa shape index (κ2) is 8.86. The second-order valence-corrected chi connectivity index (χ2v) is 9.53. The Kier molecular flexibility index (Phi) is 5.74. The van der Waals surface area contributed by atoms with E-state index in [1.807, 2.05) is 36.4 Å². The van der Waals surface area contributed by atoms with Crippen LogP contribution >= 0.6 is 0 Å². The molecule has 2 aromatic carbocycles. The maximum absolute atomic E-state index is 12.7. The highest BCUT2D eigenvalue weighted by Crippen LogP contribution is 2.39. The maximum Gasteiger partial charge on any atom is 0.411 e. The molecule has 1 heterocycles. The summed E-state index contributed by atoms with van der Waals surface area (Å²) in [5, 5.41) is 16.7. The smallest absolute Gasteiger partial charge is 0.411 e. The van der Waals surface area contributed by atoms with Crippen molar-refractivity contribution in [3.63, 3.8) is 0 Å². The first-order valence-electron chi connectivity index (χ1n) is 11.9. The molecule has 1 aromatic heterocycles. The van der Waals surface area contributed by atoms with Crippen molar-refractivity contribution >= 4 is 28.6 Å². The molecule has 3 aromatic rings. The van der Waals surface area contributed by atoms with Crippen LogP contribution in [0.3, 0.4) is 0 Å². The molecule has 2 amide bonds. The van der Waals surface area contributed by atoms with Crippen LogP contribution in [0, 0.1) is 17.2 Å². The van der Waals surface area contributed by atoms with E-state index in [1.54, 1.807) is 19.9 Å². The molecule has 0 bridgehead atoms. The third-order valence-electron chi connectivity index (χ3n) is 6.24. The van der Waals surface area contributed by atoms with Crippen LogP contribution in [0.2, 0.25) is 0 Å². The molecule has 0 radical (unpaired) electrons. The number of amides is 2. The molecule has 34 heavy (non-hydrogen) atoms. The first-order chi connectivity index (χ1) is 16.4. The lowest BCUT2D eigenvalue weighted by Crippen LogP contribution is -2.25. The van der Waals surface area contributed by atoms with Gasteiger partial charge in [0.25, 0.3) is 5.91 Å². The minimum Gasteiger partial charge on any atom is -0.447 e. The van der Waals surface area contributed by atoms with Gasteiger partial charge < -0.3 is 14.6 Å². The van der Waals surface area contributed by atoms with Crippen molar-refractivity contribution in [2.75, 3.05) is 5.32 Å². The molecule has 174 valence electrons. The van der Waals surface area contributed by atoms with Gasteiger partial charge in [0.1, 0.15) is 6.07 Å². The predicted octanol–water partition coefficient (Wildman–Crippen LogP) is 5.44. The van der Waals surface area contributed by atoms with E-state index in [-0.39, 0.29) is 18.1 Å². The fourth-order valence-electron chi connectivity index (χ4n) is 4.22. The Labute approximate surface area is 198 Å². The Morgan fingerprint density at radius 2 is 1.85 bits per heavy atom. The van der Waals surface area contributed by atoms with Crippen molar-refractivity contribution in [1.82, 2.24) is 9.88 Å². The minimum atomic E-state index is -0.500. The lowest BCUT2D eigenvalue weighted by molar-refractivity contribution is 0.0951. The Hall–Kier alpha value is -3.79. The molecular weight excluding hydrogens is 428 g/mol. The number of aromatic nitrogens is 1. The maximum atomic E-state index is 12.7. The number of hydrogen-bond acceptors (Lipinski definition) is 4. The highest BCUT2D eigenvalue weighted by molar-refractivity contribution is 6.01. The Morgan fingerprint density at radius 3 is 2.47 bits per heavy atom. The summed E-state index contributed by atoms with van der Waals surface area (Å²) in [6.45, 7) is 4.40. The van der Waals surface area contributed by atoms with Crippen LogP contribution in [0.5, 0.6) is 0 Å². The number of nitriles is 1. The third-order valence-corrected chi connectivity index (χ3v) is 6.24. The number of benzene rings is 2.